The van der Waals surface area contributed by atoms with Crippen molar-refractivity contribution >= 4 is 17.3 Å². The van der Waals surface area contributed by atoms with Crippen molar-refractivity contribution in [2.75, 3.05) is 0 Å². The van der Waals surface area contributed by atoms with Crippen LogP contribution in [0.3, 0.4) is 0 Å². The maximum atomic E-state index is 10.5. The molecule has 0 aliphatic carbocycles. The Labute approximate surface area is 94.2 Å². The van der Waals surface area contributed by atoms with E-state index in [0.717, 1.165) is 11.1 Å². The number of alkyl halides is 1. The van der Waals surface area contributed by atoms with Gasteiger partial charge in [0, 0.05) is 17.5 Å². The maximum Gasteiger partial charge on any atom is 0.269 e. The van der Waals surface area contributed by atoms with E-state index >= 15 is 0 Å². The predicted molar refractivity (Wildman–Crippen MR) is 61.6 cm³/mol. The second-order valence-corrected chi connectivity index (χ2v) is 4.45. The van der Waals surface area contributed by atoms with E-state index in [1.165, 1.54) is 6.07 Å². The number of rotatable bonds is 3. The number of nitro groups is 1. The Morgan fingerprint density at radius 3 is 2.40 bits per heavy atom. The number of hydrogen-bond donors (Lipinski definition) is 0. The second kappa shape index (κ2) is 4.62. The Morgan fingerprint density at radius 2 is 2.00 bits per heavy atom. The molecule has 0 spiro atoms. The Morgan fingerprint density at radius 1 is 1.40 bits per heavy atom. The van der Waals surface area contributed by atoms with E-state index in [4.69, 9.17) is 11.6 Å². The lowest BCUT2D eigenvalue weighted by molar-refractivity contribution is -0.384. The molecule has 0 bridgehead atoms. The van der Waals surface area contributed by atoms with Gasteiger partial charge < -0.3 is 0 Å². The molecule has 0 aliphatic rings. The zero-order valence-corrected chi connectivity index (χ0v) is 9.78. The normalized spacial score (nSPS) is 14.7. The highest BCUT2D eigenvalue weighted by Gasteiger charge is 2.16. The molecule has 3 nitrogen and oxygen atoms in total. The summed E-state index contributed by atoms with van der Waals surface area (Å²) in [6.07, 6.45) is 0. The van der Waals surface area contributed by atoms with E-state index in [1.54, 1.807) is 12.1 Å². The molecule has 82 valence electrons. The molecule has 0 aliphatic heterocycles. The lowest BCUT2D eigenvalue weighted by atomic mass is 9.94. The molecular formula is C11H14ClNO2. The van der Waals surface area contributed by atoms with Crippen LogP contribution in [0.5, 0.6) is 0 Å². The Kier molecular flexibility index (Phi) is 3.69. The van der Waals surface area contributed by atoms with Crippen molar-refractivity contribution in [3.05, 3.63) is 39.4 Å². The van der Waals surface area contributed by atoms with Crippen LogP contribution in [-0.4, -0.2) is 10.3 Å². The van der Waals surface area contributed by atoms with Crippen LogP contribution >= 0.6 is 11.6 Å². The van der Waals surface area contributed by atoms with E-state index in [9.17, 15) is 10.1 Å². The van der Waals surface area contributed by atoms with Gasteiger partial charge in [0.2, 0.25) is 0 Å². The number of benzene rings is 1. The number of halogens is 1. The quantitative estimate of drug-likeness (QED) is 0.450. The smallest absolute Gasteiger partial charge is 0.258 e. The van der Waals surface area contributed by atoms with Crippen LogP contribution < -0.4 is 0 Å². The first-order valence-electron chi connectivity index (χ1n) is 4.82. The number of nitrogens with zero attached hydrogens (tertiary/aromatic N) is 1. The number of aryl methyl sites for hydroxylation is 1. The summed E-state index contributed by atoms with van der Waals surface area (Å²) in [7, 11) is 0. The first kappa shape index (κ1) is 12.0. The van der Waals surface area contributed by atoms with Gasteiger partial charge in [-0.15, -0.1) is 11.6 Å². The molecule has 0 fully saturated rings. The van der Waals surface area contributed by atoms with Crippen molar-refractivity contribution in [3.63, 3.8) is 0 Å². The van der Waals surface area contributed by atoms with Crippen LogP contribution in [0.2, 0.25) is 0 Å². The summed E-state index contributed by atoms with van der Waals surface area (Å²) in [4.78, 5) is 10.2. The highest BCUT2D eigenvalue weighted by atomic mass is 35.5. The summed E-state index contributed by atoms with van der Waals surface area (Å²) in [5.74, 6) is 0.201. The monoisotopic (exact) mass is 227 g/mol. The molecule has 0 aromatic heterocycles. The molecule has 0 saturated carbocycles. The maximum absolute atomic E-state index is 10.5. The molecule has 0 saturated heterocycles. The number of hydrogen-bond acceptors (Lipinski definition) is 2. The standard InChI is InChI=1S/C11H14ClNO2/c1-7-6-10(13(14)15)4-5-11(7)8(2)9(3)12/h4-6,8-9H,1-3H3. The summed E-state index contributed by atoms with van der Waals surface area (Å²) in [6, 6.07) is 4.90. The Balaban J connectivity index is 3.08. The van der Waals surface area contributed by atoms with Crippen LogP contribution in [0.25, 0.3) is 0 Å². The molecule has 1 aromatic rings. The molecule has 2 atom stereocenters. The van der Waals surface area contributed by atoms with Crippen LogP contribution in [0.4, 0.5) is 5.69 Å². The summed E-state index contributed by atoms with van der Waals surface area (Å²) in [5.41, 5.74) is 2.12. The molecule has 15 heavy (non-hydrogen) atoms. The fourth-order valence-electron chi connectivity index (χ4n) is 1.53. The molecule has 1 aromatic carbocycles. The van der Waals surface area contributed by atoms with Crippen LogP contribution in [0.15, 0.2) is 18.2 Å². The molecule has 4 heteroatoms. The van der Waals surface area contributed by atoms with Crippen molar-refractivity contribution in [1.29, 1.82) is 0 Å². The van der Waals surface area contributed by atoms with Gasteiger partial charge in [-0.3, -0.25) is 10.1 Å². The lowest BCUT2D eigenvalue weighted by Crippen LogP contribution is -2.07. The van der Waals surface area contributed by atoms with E-state index in [2.05, 4.69) is 0 Å². The number of non-ortho nitro benzene ring substituents is 1. The minimum absolute atomic E-state index is 0.0187. The van der Waals surface area contributed by atoms with Gasteiger partial charge in [-0.2, -0.15) is 0 Å². The first-order chi connectivity index (χ1) is 6.93. The minimum Gasteiger partial charge on any atom is -0.258 e. The zero-order valence-electron chi connectivity index (χ0n) is 9.03. The van der Waals surface area contributed by atoms with Crippen LogP contribution in [-0.2, 0) is 0 Å². The average molecular weight is 228 g/mol. The van der Waals surface area contributed by atoms with Crippen molar-refractivity contribution in [1.82, 2.24) is 0 Å². The first-order valence-corrected chi connectivity index (χ1v) is 5.26. The van der Waals surface area contributed by atoms with Crippen molar-refractivity contribution in [2.24, 2.45) is 0 Å². The third-order valence-corrected chi connectivity index (χ3v) is 3.02. The van der Waals surface area contributed by atoms with Crippen molar-refractivity contribution in [3.8, 4) is 0 Å². The topological polar surface area (TPSA) is 43.1 Å². The molecule has 0 N–H and O–H groups in total. The molecular weight excluding hydrogens is 214 g/mol. The molecule has 2 unspecified atom stereocenters. The van der Waals surface area contributed by atoms with Crippen molar-refractivity contribution in [2.45, 2.75) is 32.1 Å². The van der Waals surface area contributed by atoms with Gasteiger partial charge in [-0.1, -0.05) is 13.0 Å². The van der Waals surface area contributed by atoms with Gasteiger partial charge in [-0.05, 0) is 30.9 Å². The molecule has 0 heterocycles. The number of nitro benzene ring substituents is 1. The summed E-state index contributed by atoms with van der Waals surface area (Å²) >= 11 is 6.00. The summed E-state index contributed by atoms with van der Waals surface area (Å²) in [5, 5.41) is 10.6. The molecule has 0 amide bonds. The van der Waals surface area contributed by atoms with Gasteiger partial charge in [0.05, 0.1) is 4.92 Å². The largest absolute Gasteiger partial charge is 0.269 e. The van der Waals surface area contributed by atoms with Gasteiger partial charge in [0.1, 0.15) is 0 Å². The van der Waals surface area contributed by atoms with E-state index < -0.39 is 0 Å². The molecule has 1 rings (SSSR count). The SMILES string of the molecule is Cc1cc([N+](=O)[O-])ccc1C(C)C(C)Cl. The van der Waals surface area contributed by atoms with Gasteiger partial charge in [0.25, 0.3) is 5.69 Å². The van der Waals surface area contributed by atoms with Gasteiger partial charge in [0.15, 0.2) is 0 Å². The van der Waals surface area contributed by atoms with E-state index in [0.29, 0.717) is 0 Å². The third kappa shape index (κ3) is 2.69. The Bertz CT molecular complexity index is 377. The van der Waals surface area contributed by atoms with Crippen LogP contribution in [0.1, 0.15) is 30.9 Å². The van der Waals surface area contributed by atoms with E-state index in [1.807, 2.05) is 20.8 Å². The zero-order chi connectivity index (χ0) is 11.6. The summed E-state index contributed by atoms with van der Waals surface area (Å²) < 4.78 is 0. The van der Waals surface area contributed by atoms with Gasteiger partial charge in [-0.25, -0.2) is 0 Å². The fourth-order valence-corrected chi connectivity index (χ4v) is 1.67. The average Bonchev–Trinajstić information content (AvgIpc) is 2.16. The summed E-state index contributed by atoms with van der Waals surface area (Å²) in [6.45, 7) is 5.82. The highest BCUT2D eigenvalue weighted by Crippen LogP contribution is 2.28. The Hall–Kier alpha value is -1.09. The van der Waals surface area contributed by atoms with Crippen LogP contribution in [0, 0.1) is 17.0 Å². The fraction of sp³-hybridized carbons (Fsp3) is 0.455. The van der Waals surface area contributed by atoms with E-state index in [-0.39, 0.29) is 21.9 Å². The van der Waals surface area contributed by atoms with Crippen molar-refractivity contribution < 1.29 is 4.92 Å². The third-order valence-electron chi connectivity index (χ3n) is 2.64. The molecule has 0 radical (unpaired) electrons. The lowest BCUT2D eigenvalue weighted by Gasteiger charge is -2.16. The van der Waals surface area contributed by atoms with Gasteiger partial charge >= 0.3 is 0 Å². The second-order valence-electron chi connectivity index (χ2n) is 3.76. The predicted octanol–water partition coefficient (Wildman–Crippen LogP) is 3.63. The minimum atomic E-state index is -0.383. The highest BCUT2D eigenvalue weighted by molar-refractivity contribution is 6.20.